The van der Waals surface area contributed by atoms with Gasteiger partial charge in [-0.05, 0) is 23.3 Å². The number of amides is 1. The van der Waals surface area contributed by atoms with Crippen molar-refractivity contribution >= 4 is 6.09 Å². The maximum atomic E-state index is 11.9. The van der Waals surface area contributed by atoms with Gasteiger partial charge in [-0.25, -0.2) is 4.79 Å². The molecular weight excluding hydrogens is 338 g/mol. The van der Waals surface area contributed by atoms with E-state index in [9.17, 15) is 15.0 Å². The summed E-state index contributed by atoms with van der Waals surface area (Å²) in [5.41, 5.74) is 1.30. The van der Waals surface area contributed by atoms with Gasteiger partial charge < -0.3 is 29.7 Å². The number of benzene rings is 2. The average Bonchev–Trinajstić information content (AvgIpc) is 2.70. The van der Waals surface area contributed by atoms with Crippen LogP contribution >= 0.6 is 0 Å². The van der Waals surface area contributed by atoms with Crippen molar-refractivity contribution in [2.45, 2.75) is 18.8 Å². The molecule has 0 aromatic heterocycles. The Bertz CT molecular complexity index is 777. The van der Waals surface area contributed by atoms with Gasteiger partial charge in [0, 0.05) is 0 Å². The van der Waals surface area contributed by atoms with Gasteiger partial charge in [0.2, 0.25) is 0 Å². The predicted molar refractivity (Wildman–Crippen MR) is 92.4 cm³/mol. The summed E-state index contributed by atoms with van der Waals surface area (Å²) >= 11 is 0. The first kappa shape index (κ1) is 17.8. The van der Waals surface area contributed by atoms with Crippen molar-refractivity contribution in [2.75, 3.05) is 6.61 Å². The molecule has 3 N–H and O–H groups in total. The third kappa shape index (κ3) is 4.33. The second kappa shape index (κ2) is 8.37. The molecule has 0 fully saturated rings. The molecule has 26 heavy (non-hydrogen) atoms. The summed E-state index contributed by atoms with van der Waals surface area (Å²) in [6.07, 6.45) is 0.900. The molecule has 2 aromatic rings. The number of hydrogen-bond acceptors (Lipinski definition) is 6. The Morgan fingerprint density at radius 1 is 1.08 bits per heavy atom. The minimum absolute atomic E-state index is 0.0945. The Labute approximate surface area is 150 Å². The van der Waals surface area contributed by atoms with Crippen molar-refractivity contribution in [1.82, 2.24) is 5.32 Å². The van der Waals surface area contributed by atoms with Crippen molar-refractivity contribution < 1.29 is 29.2 Å². The van der Waals surface area contributed by atoms with Gasteiger partial charge in [-0.2, -0.15) is 0 Å². The minimum Gasteiger partial charge on any atom is -0.458 e. The van der Waals surface area contributed by atoms with Crippen LogP contribution in [0.25, 0.3) is 0 Å². The van der Waals surface area contributed by atoms with Gasteiger partial charge in [0.05, 0.1) is 12.6 Å². The highest BCUT2D eigenvalue weighted by atomic mass is 16.6. The summed E-state index contributed by atoms with van der Waals surface area (Å²) < 4.78 is 15.7. The lowest BCUT2D eigenvalue weighted by atomic mass is 10.0. The molecule has 0 radical (unpaired) electrons. The summed E-state index contributed by atoms with van der Waals surface area (Å²) in [6, 6.07) is 13.1. The molecule has 0 aliphatic carbocycles. The molecule has 7 nitrogen and oxygen atoms in total. The molecule has 0 unspecified atom stereocenters. The number of rotatable bonds is 6. The normalized spacial score (nSPS) is 14.4. The quantitative estimate of drug-likeness (QED) is 0.734. The highest BCUT2D eigenvalue weighted by Crippen LogP contribution is 2.33. The summed E-state index contributed by atoms with van der Waals surface area (Å²) in [6.45, 7) is -0.368. The maximum absolute atomic E-state index is 11.9. The summed E-state index contributed by atoms with van der Waals surface area (Å²) in [5.74, 6) is 0.951. The zero-order valence-corrected chi connectivity index (χ0v) is 13.9. The molecule has 0 bridgehead atoms. The van der Waals surface area contributed by atoms with Crippen LogP contribution in [0.15, 0.2) is 61.1 Å². The highest BCUT2D eigenvalue weighted by molar-refractivity contribution is 5.67. The van der Waals surface area contributed by atoms with Crippen LogP contribution in [0.4, 0.5) is 4.79 Å². The fourth-order valence-corrected chi connectivity index (χ4v) is 2.47. The number of carbonyl (C=O) groups is 1. The largest absolute Gasteiger partial charge is 0.458 e. The lowest BCUT2D eigenvalue weighted by molar-refractivity contribution is 0.0762. The lowest BCUT2D eigenvalue weighted by Gasteiger charge is -2.23. The highest BCUT2D eigenvalue weighted by Gasteiger charge is 2.24. The number of fused-ring (bicyclic) bond motifs is 1. The van der Waals surface area contributed by atoms with E-state index in [2.05, 4.69) is 5.32 Å². The van der Waals surface area contributed by atoms with Crippen molar-refractivity contribution in [1.29, 1.82) is 0 Å². The standard InChI is InChI=1S/C19H19NO6/c21-11-15(20-19(23)26-12-13-4-2-1-3-5-13)18(22)14-6-7-16-17(10-14)25-9-8-24-16/h1-10,15,18,21-22H,11-12H2,(H,20,23)/t15-,18-/m1/s1. The molecule has 3 rings (SSSR count). The van der Waals surface area contributed by atoms with Gasteiger partial charge in [-0.1, -0.05) is 36.4 Å². The van der Waals surface area contributed by atoms with E-state index >= 15 is 0 Å². The molecule has 1 aliphatic rings. The van der Waals surface area contributed by atoms with Crippen LogP contribution in [0, 0.1) is 0 Å². The summed E-state index contributed by atoms with van der Waals surface area (Å²) in [5, 5.41) is 22.5. The molecule has 7 heteroatoms. The van der Waals surface area contributed by atoms with Crippen molar-refractivity contribution in [2.24, 2.45) is 0 Å². The number of ether oxygens (including phenoxy) is 3. The summed E-state index contributed by atoms with van der Waals surface area (Å²) in [7, 11) is 0. The fourth-order valence-electron chi connectivity index (χ4n) is 2.47. The Balaban J connectivity index is 1.60. The van der Waals surface area contributed by atoms with Crippen LogP contribution in [0.1, 0.15) is 17.2 Å². The van der Waals surface area contributed by atoms with Gasteiger partial charge in [-0.15, -0.1) is 0 Å². The summed E-state index contributed by atoms with van der Waals surface area (Å²) in [4.78, 5) is 11.9. The monoisotopic (exact) mass is 357 g/mol. The third-order valence-electron chi connectivity index (χ3n) is 3.85. The molecule has 2 atom stereocenters. The van der Waals surface area contributed by atoms with E-state index in [1.54, 1.807) is 18.2 Å². The molecule has 1 heterocycles. The molecule has 1 aliphatic heterocycles. The predicted octanol–water partition coefficient (Wildman–Crippen LogP) is 2.25. The number of aliphatic hydroxyl groups is 2. The Hall–Kier alpha value is -3.03. The Morgan fingerprint density at radius 2 is 1.81 bits per heavy atom. The van der Waals surface area contributed by atoms with E-state index in [1.165, 1.54) is 12.5 Å². The number of alkyl carbamates (subject to hydrolysis) is 1. The van der Waals surface area contributed by atoms with Crippen LogP contribution in [-0.4, -0.2) is 29.0 Å². The zero-order chi connectivity index (χ0) is 18.4. The van der Waals surface area contributed by atoms with Crippen molar-refractivity contribution in [3.8, 4) is 11.5 Å². The molecule has 1 amide bonds. The van der Waals surface area contributed by atoms with E-state index in [-0.39, 0.29) is 6.61 Å². The van der Waals surface area contributed by atoms with Crippen LogP contribution < -0.4 is 14.8 Å². The van der Waals surface area contributed by atoms with Gasteiger partial charge in [0.25, 0.3) is 0 Å². The van der Waals surface area contributed by atoms with Crippen LogP contribution in [-0.2, 0) is 11.3 Å². The number of hydrogen-bond donors (Lipinski definition) is 3. The van der Waals surface area contributed by atoms with Crippen LogP contribution in [0.5, 0.6) is 11.5 Å². The first-order valence-corrected chi connectivity index (χ1v) is 8.06. The average molecular weight is 357 g/mol. The van der Waals surface area contributed by atoms with E-state index < -0.39 is 24.8 Å². The lowest BCUT2D eigenvalue weighted by Crippen LogP contribution is -2.42. The van der Waals surface area contributed by atoms with Gasteiger partial charge in [0.1, 0.15) is 25.2 Å². The van der Waals surface area contributed by atoms with Crippen LogP contribution in [0.2, 0.25) is 0 Å². The van der Waals surface area contributed by atoms with E-state index in [0.717, 1.165) is 5.56 Å². The molecular formula is C19H19NO6. The Morgan fingerprint density at radius 3 is 2.54 bits per heavy atom. The van der Waals surface area contributed by atoms with E-state index in [4.69, 9.17) is 14.2 Å². The van der Waals surface area contributed by atoms with Crippen LogP contribution in [0.3, 0.4) is 0 Å². The fraction of sp³-hybridized carbons (Fsp3) is 0.211. The zero-order valence-electron chi connectivity index (χ0n) is 13.9. The smallest absolute Gasteiger partial charge is 0.407 e. The minimum atomic E-state index is -1.15. The number of nitrogens with one attached hydrogen (secondary N) is 1. The molecule has 0 spiro atoms. The number of aliphatic hydroxyl groups excluding tert-OH is 2. The maximum Gasteiger partial charge on any atom is 0.407 e. The van der Waals surface area contributed by atoms with Gasteiger partial charge in [-0.3, -0.25) is 0 Å². The molecule has 0 saturated carbocycles. The SMILES string of the molecule is O=C(N[C@H](CO)[C@H](O)c1ccc2c(c1)OC=CO2)OCc1ccccc1. The molecule has 136 valence electrons. The molecule has 0 saturated heterocycles. The third-order valence-corrected chi connectivity index (χ3v) is 3.85. The first-order valence-electron chi connectivity index (χ1n) is 8.06. The number of carbonyl (C=O) groups excluding carboxylic acids is 1. The van der Waals surface area contributed by atoms with Crippen molar-refractivity contribution in [3.63, 3.8) is 0 Å². The van der Waals surface area contributed by atoms with Gasteiger partial charge in [0.15, 0.2) is 11.5 Å². The molecule has 2 aromatic carbocycles. The first-order chi connectivity index (χ1) is 12.7. The van der Waals surface area contributed by atoms with E-state index in [1.807, 2.05) is 30.3 Å². The van der Waals surface area contributed by atoms with E-state index in [0.29, 0.717) is 17.1 Å². The second-order valence-corrected chi connectivity index (χ2v) is 5.65. The topological polar surface area (TPSA) is 97.3 Å². The van der Waals surface area contributed by atoms with Gasteiger partial charge >= 0.3 is 6.09 Å². The second-order valence-electron chi connectivity index (χ2n) is 5.65. The van der Waals surface area contributed by atoms with Crippen molar-refractivity contribution in [3.05, 3.63) is 72.2 Å². The Kier molecular flexibility index (Phi) is 5.73.